The molecule has 2 saturated heterocycles. The quantitative estimate of drug-likeness (QED) is 0.229. The molecule has 30 heavy (non-hydrogen) atoms. The normalized spacial score (nSPS) is 30.2. The number of fused-ring (bicyclic) bond motifs is 1. The van der Waals surface area contributed by atoms with Crippen LogP contribution in [0.1, 0.15) is 25.0 Å². The van der Waals surface area contributed by atoms with Crippen molar-refractivity contribution in [1.82, 2.24) is 0 Å². The molecule has 0 bridgehead atoms. The van der Waals surface area contributed by atoms with Gasteiger partial charge in [-0.05, 0) is 25.5 Å². The van der Waals surface area contributed by atoms with E-state index in [0.29, 0.717) is 6.61 Å². The van der Waals surface area contributed by atoms with Gasteiger partial charge in [0.25, 0.3) is 0 Å². The van der Waals surface area contributed by atoms with Gasteiger partial charge in [0, 0.05) is 5.56 Å². The molecule has 0 radical (unpaired) electrons. The Bertz CT molecular complexity index is 898. The fourth-order valence-electron chi connectivity index (χ4n) is 3.94. The Morgan fingerprint density at radius 1 is 1.03 bits per heavy atom. The molecule has 0 saturated carbocycles. The number of rotatable bonds is 7. The average Bonchev–Trinajstić information content (AvgIpc) is 3.14. The Morgan fingerprint density at radius 3 is 2.30 bits per heavy atom. The smallest absolute Gasteiger partial charge is 0.221 e. The second-order valence-electron chi connectivity index (χ2n) is 8.02. The topological polar surface area (TPSA) is 63.0 Å². The van der Waals surface area contributed by atoms with Crippen LogP contribution in [0.5, 0.6) is 0 Å². The Labute approximate surface area is 176 Å². The standard InChI is InChI=1S/C24H27NO5/c1-4-24-22(29-23(2,3)30-24)21(27-17-19-13-9-6-10-14-19)20(28-24)16-25(26)15-18-11-7-5-8-12-18/h4-14,16,20-22H,1,15,17H2,2-3H3/b25-16-/t20-,21-,22-,24-/m0/s1. The summed E-state index contributed by atoms with van der Waals surface area (Å²) in [5.74, 6) is -2.01. The minimum Gasteiger partial charge on any atom is -0.624 e. The highest BCUT2D eigenvalue weighted by molar-refractivity contribution is 5.60. The third-order valence-electron chi connectivity index (χ3n) is 5.22. The van der Waals surface area contributed by atoms with E-state index in [2.05, 4.69) is 6.58 Å². The molecule has 4 rings (SSSR count). The lowest BCUT2D eigenvalue weighted by atomic mass is 10.1. The van der Waals surface area contributed by atoms with E-state index in [-0.39, 0.29) is 6.54 Å². The zero-order chi connectivity index (χ0) is 21.2. The van der Waals surface area contributed by atoms with Crippen molar-refractivity contribution < 1.29 is 23.7 Å². The van der Waals surface area contributed by atoms with Crippen molar-refractivity contribution in [1.29, 1.82) is 0 Å². The summed E-state index contributed by atoms with van der Waals surface area (Å²) in [5.41, 5.74) is 1.93. The monoisotopic (exact) mass is 409 g/mol. The van der Waals surface area contributed by atoms with E-state index in [4.69, 9.17) is 18.9 Å². The second-order valence-corrected chi connectivity index (χ2v) is 8.02. The number of nitrogens with zero attached hydrogens (tertiary/aromatic N) is 1. The molecule has 0 unspecified atom stereocenters. The SMILES string of the molecule is C=C[C@@]12O[C@@H](/C=[N+](\[O-])Cc3ccccc3)[C@H](OCc3ccccc3)[C@@H]1OC(C)(C)O2. The molecule has 2 fully saturated rings. The van der Waals surface area contributed by atoms with E-state index in [1.54, 1.807) is 6.08 Å². The van der Waals surface area contributed by atoms with Crippen molar-refractivity contribution in [3.8, 4) is 0 Å². The lowest BCUT2D eigenvalue weighted by Crippen LogP contribution is -2.40. The van der Waals surface area contributed by atoms with E-state index in [1.165, 1.54) is 6.21 Å². The van der Waals surface area contributed by atoms with Gasteiger partial charge in [0.05, 0.1) is 6.61 Å². The molecule has 2 heterocycles. The van der Waals surface area contributed by atoms with Crippen LogP contribution >= 0.6 is 0 Å². The van der Waals surface area contributed by atoms with Gasteiger partial charge in [0.1, 0.15) is 12.2 Å². The van der Waals surface area contributed by atoms with E-state index >= 15 is 0 Å². The molecule has 158 valence electrons. The minimum atomic E-state index is -1.17. The number of hydrogen-bond donors (Lipinski definition) is 0. The fraction of sp³-hybridized carbons (Fsp3) is 0.375. The largest absolute Gasteiger partial charge is 0.624 e. The summed E-state index contributed by atoms with van der Waals surface area (Å²) in [6.07, 6.45) is 1.36. The second kappa shape index (κ2) is 8.32. The molecule has 6 heteroatoms. The fourth-order valence-corrected chi connectivity index (χ4v) is 3.94. The molecule has 2 aliphatic rings. The maximum atomic E-state index is 12.6. The van der Waals surface area contributed by atoms with Crippen molar-refractivity contribution >= 4 is 6.21 Å². The van der Waals surface area contributed by atoms with E-state index in [1.807, 2.05) is 74.5 Å². The molecule has 6 nitrogen and oxygen atoms in total. The molecule has 2 aliphatic heterocycles. The van der Waals surface area contributed by atoms with E-state index in [0.717, 1.165) is 15.9 Å². The van der Waals surface area contributed by atoms with Crippen LogP contribution in [0.2, 0.25) is 0 Å². The summed E-state index contributed by atoms with van der Waals surface area (Å²) < 4.78 is 25.4. The zero-order valence-corrected chi connectivity index (χ0v) is 17.3. The number of benzene rings is 2. The Morgan fingerprint density at radius 2 is 1.67 bits per heavy atom. The van der Waals surface area contributed by atoms with Gasteiger partial charge in [-0.25, -0.2) is 4.74 Å². The first-order chi connectivity index (χ1) is 14.4. The first kappa shape index (κ1) is 20.8. The average molecular weight is 409 g/mol. The molecular formula is C24H27NO5. The highest BCUT2D eigenvalue weighted by Gasteiger charge is 2.64. The van der Waals surface area contributed by atoms with Crippen LogP contribution < -0.4 is 0 Å². The maximum Gasteiger partial charge on any atom is 0.221 e. The molecule has 0 aliphatic carbocycles. The molecule has 0 spiro atoms. The third-order valence-corrected chi connectivity index (χ3v) is 5.22. The van der Waals surface area contributed by atoms with Crippen LogP contribution in [-0.2, 0) is 32.1 Å². The van der Waals surface area contributed by atoms with Crippen molar-refractivity contribution in [2.24, 2.45) is 0 Å². The highest BCUT2D eigenvalue weighted by atomic mass is 16.9. The third kappa shape index (κ3) is 4.32. The van der Waals surface area contributed by atoms with Crippen LogP contribution in [-0.4, -0.2) is 40.8 Å². The van der Waals surface area contributed by atoms with E-state index in [9.17, 15) is 5.21 Å². The van der Waals surface area contributed by atoms with E-state index < -0.39 is 29.9 Å². The van der Waals surface area contributed by atoms with Crippen molar-refractivity contribution in [3.63, 3.8) is 0 Å². The van der Waals surface area contributed by atoms with Gasteiger partial charge in [-0.1, -0.05) is 67.2 Å². The minimum absolute atomic E-state index is 0.213. The van der Waals surface area contributed by atoms with Crippen molar-refractivity contribution in [2.75, 3.05) is 0 Å². The number of hydroxylamine groups is 1. The lowest BCUT2D eigenvalue weighted by molar-refractivity contribution is -0.473. The van der Waals surface area contributed by atoms with Gasteiger partial charge in [-0.2, -0.15) is 0 Å². The summed E-state index contributed by atoms with van der Waals surface area (Å²) in [5, 5.41) is 12.6. The van der Waals surface area contributed by atoms with Gasteiger partial charge < -0.3 is 24.2 Å². The summed E-state index contributed by atoms with van der Waals surface area (Å²) in [7, 11) is 0. The summed E-state index contributed by atoms with van der Waals surface area (Å²) in [6.45, 7) is 8.11. The number of ether oxygens (including phenoxy) is 4. The van der Waals surface area contributed by atoms with Crippen LogP contribution in [0.3, 0.4) is 0 Å². The maximum absolute atomic E-state index is 12.6. The van der Waals surface area contributed by atoms with Gasteiger partial charge in [-0.3, -0.25) is 0 Å². The van der Waals surface area contributed by atoms with Gasteiger partial charge in [-0.15, -0.1) is 0 Å². The molecule has 0 N–H and O–H groups in total. The Kier molecular flexibility index (Phi) is 5.75. The molecule has 0 aromatic heterocycles. The zero-order valence-electron chi connectivity index (χ0n) is 17.3. The van der Waals surface area contributed by atoms with Crippen LogP contribution in [0.25, 0.3) is 0 Å². The summed E-state index contributed by atoms with van der Waals surface area (Å²) in [6, 6.07) is 19.4. The van der Waals surface area contributed by atoms with Crippen LogP contribution in [0, 0.1) is 5.21 Å². The number of hydrogen-bond acceptors (Lipinski definition) is 5. The van der Waals surface area contributed by atoms with Crippen molar-refractivity contribution in [3.05, 3.63) is 89.7 Å². The van der Waals surface area contributed by atoms with Crippen LogP contribution in [0.15, 0.2) is 73.3 Å². The van der Waals surface area contributed by atoms with Crippen LogP contribution in [0.4, 0.5) is 0 Å². The predicted octanol–water partition coefficient (Wildman–Crippen LogP) is 3.79. The first-order valence-electron chi connectivity index (χ1n) is 10.1. The Hall–Kier alpha value is -2.51. The first-order valence-corrected chi connectivity index (χ1v) is 10.1. The highest BCUT2D eigenvalue weighted by Crippen LogP contribution is 2.46. The van der Waals surface area contributed by atoms with Crippen molar-refractivity contribution in [2.45, 2.75) is 56.9 Å². The van der Waals surface area contributed by atoms with Gasteiger partial charge in [0.2, 0.25) is 5.79 Å². The lowest BCUT2D eigenvalue weighted by Gasteiger charge is -2.25. The molecule has 4 atom stereocenters. The summed E-state index contributed by atoms with van der Waals surface area (Å²) in [4.78, 5) is 0. The summed E-state index contributed by atoms with van der Waals surface area (Å²) >= 11 is 0. The van der Waals surface area contributed by atoms with Gasteiger partial charge in [0.15, 0.2) is 24.7 Å². The molecule has 2 aromatic rings. The molecule has 0 amide bonds. The molecular weight excluding hydrogens is 382 g/mol. The molecule has 2 aromatic carbocycles. The predicted molar refractivity (Wildman–Crippen MR) is 113 cm³/mol. The van der Waals surface area contributed by atoms with Gasteiger partial charge >= 0.3 is 0 Å². The Balaban J connectivity index is 1.57.